The van der Waals surface area contributed by atoms with Crippen LogP contribution in [0.25, 0.3) is 0 Å². The van der Waals surface area contributed by atoms with Gasteiger partial charge in [-0.25, -0.2) is 5.84 Å². The molecule has 0 aliphatic carbocycles. The first kappa shape index (κ1) is 14.4. The second-order valence-corrected chi connectivity index (χ2v) is 4.80. The van der Waals surface area contributed by atoms with Gasteiger partial charge in [0.1, 0.15) is 12.4 Å². The van der Waals surface area contributed by atoms with Crippen LogP contribution in [0, 0.1) is 6.92 Å². The fourth-order valence-corrected chi connectivity index (χ4v) is 2.06. The number of halogens is 1. The van der Waals surface area contributed by atoms with Gasteiger partial charge >= 0.3 is 0 Å². The number of amides is 1. The van der Waals surface area contributed by atoms with E-state index in [1.807, 2.05) is 31.2 Å². The van der Waals surface area contributed by atoms with Crippen LogP contribution in [0.15, 0.2) is 42.5 Å². The molecule has 104 valence electrons. The molecule has 0 atom stereocenters. The fraction of sp³-hybridized carbons (Fsp3) is 0.133. The van der Waals surface area contributed by atoms with Crippen molar-refractivity contribution in [3.05, 3.63) is 64.2 Å². The van der Waals surface area contributed by atoms with E-state index in [1.165, 1.54) is 0 Å². The molecule has 0 saturated carbocycles. The predicted octanol–water partition coefficient (Wildman–Crippen LogP) is 2.83. The molecule has 5 heteroatoms. The third-order valence-corrected chi connectivity index (χ3v) is 3.10. The first-order chi connectivity index (χ1) is 9.60. The van der Waals surface area contributed by atoms with Gasteiger partial charge in [0, 0.05) is 5.56 Å². The Kier molecular flexibility index (Phi) is 4.61. The molecule has 0 spiro atoms. The number of carbonyl (C=O) groups excluding carboxylic acids is 1. The van der Waals surface area contributed by atoms with Crippen LogP contribution >= 0.6 is 11.6 Å². The van der Waals surface area contributed by atoms with Crippen LogP contribution in [0.5, 0.6) is 5.75 Å². The second kappa shape index (κ2) is 6.41. The molecular formula is C15H15ClN2O2. The van der Waals surface area contributed by atoms with E-state index >= 15 is 0 Å². The van der Waals surface area contributed by atoms with Crippen molar-refractivity contribution in [2.45, 2.75) is 13.5 Å². The Morgan fingerprint density at radius 3 is 2.80 bits per heavy atom. The number of hydrazine groups is 1. The highest BCUT2D eigenvalue weighted by Crippen LogP contribution is 2.26. The van der Waals surface area contributed by atoms with Crippen molar-refractivity contribution in [2.75, 3.05) is 0 Å². The van der Waals surface area contributed by atoms with Crippen LogP contribution < -0.4 is 16.0 Å². The fourth-order valence-electron chi connectivity index (χ4n) is 1.77. The number of rotatable bonds is 4. The van der Waals surface area contributed by atoms with E-state index < -0.39 is 0 Å². The molecule has 20 heavy (non-hydrogen) atoms. The molecule has 0 heterocycles. The number of nitrogens with two attached hydrogens (primary N) is 1. The van der Waals surface area contributed by atoms with Gasteiger partial charge in [-0.3, -0.25) is 10.2 Å². The third kappa shape index (κ3) is 3.50. The highest BCUT2D eigenvalue weighted by molar-refractivity contribution is 6.32. The van der Waals surface area contributed by atoms with Crippen LogP contribution in [0.4, 0.5) is 0 Å². The summed E-state index contributed by atoms with van der Waals surface area (Å²) in [4.78, 5) is 11.4. The van der Waals surface area contributed by atoms with Gasteiger partial charge in [-0.15, -0.1) is 0 Å². The Morgan fingerprint density at radius 1 is 1.30 bits per heavy atom. The Balaban J connectivity index is 2.09. The van der Waals surface area contributed by atoms with Crippen LogP contribution in [-0.2, 0) is 6.61 Å². The van der Waals surface area contributed by atoms with Crippen LogP contribution in [-0.4, -0.2) is 5.91 Å². The average Bonchev–Trinajstić information content (AvgIpc) is 2.46. The van der Waals surface area contributed by atoms with E-state index in [2.05, 4.69) is 5.43 Å². The molecule has 4 nitrogen and oxygen atoms in total. The minimum Gasteiger partial charge on any atom is -0.487 e. The zero-order valence-corrected chi connectivity index (χ0v) is 11.8. The average molecular weight is 291 g/mol. The van der Waals surface area contributed by atoms with Gasteiger partial charge in [-0.05, 0) is 42.3 Å². The summed E-state index contributed by atoms with van der Waals surface area (Å²) in [6.45, 7) is 2.29. The van der Waals surface area contributed by atoms with Gasteiger partial charge in [0.15, 0.2) is 0 Å². The van der Waals surface area contributed by atoms with Gasteiger partial charge in [0.2, 0.25) is 0 Å². The van der Waals surface area contributed by atoms with Gasteiger partial charge in [0.05, 0.1) is 5.02 Å². The summed E-state index contributed by atoms with van der Waals surface area (Å²) in [5.41, 5.74) is 4.52. The lowest BCUT2D eigenvalue weighted by Crippen LogP contribution is -2.30. The summed E-state index contributed by atoms with van der Waals surface area (Å²) >= 11 is 6.09. The number of nitrogen functional groups attached to an aromatic ring is 1. The highest BCUT2D eigenvalue weighted by Gasteiger charge is 2.06. The first-order valence-electron chi connectivity index (χ1n) is 6.09. The highest BCUT2D eigenvalue weighted by atomic mass is 35.5. The van der Waals surface area contributed by atoms with E-state index in [1.54, 1.807) is 18.2 Å². The zero-order chi connectivity index (χ0) is 14.5. The minimum atomic E-state index is -0.333. The van der Waals surface area contributed by atoms with Gasteiger partial charge in [-0.2, -0.15) is 0 Å². The summed E-state index contributed by atoms with van der Waals surface area (Å²) in [5, 5.41) is 0.570. The lowest BCUT2D eigenvalue weighted by atomic mass is 10.1. The van der Waals surface area contributed by atoms with Crippen molar-refractivity contribution in [2.24, 2.45) is 5.84 Å². The maximum atomic E-state index is 11.4. The molecule has 0 fully saturated rings. The summed E-state index contributed by atoms with van der Waals surface area (Å²) < 4.78 is 5.65. The SMILES string of the molecule is Cc1ccc(OCc2cccc(C(=O)NN)c2)c(Cl)c1. The quantitative estimate of drug-likeness (QED) is 0.517. The Hall–Kier alpha value is -2.04. The molecule has 2 aromatic rings. The van der Waals surface area contributed by atoms with Gasteiger partial charge in [0.25, 0.3) is 5.91 Å². The second-order valence-electron chi connectivity index (χ2n) is 4.40. The molecule has 0 aromatic heterocycles. The van der Waals surface area contributed by atoms with E-state index in [9.17, 15) is 4.79 Å². The van der Waals surface area contributed by atoms with Crippen LogP contribution in [0.3, 0.4) is 0 Å². The van der Waals surface area contributed by atoms with E-state index in [4.69, 9.17) is 22.2 Å². The van der Waals surface area contributed by atoms with E-state index in [-0.39, 0.29) is 5.91 Å². The largest absolute Gasteiger partial charge is 0.487 e. The Morgan fingerprint density at radius 2 is 2.10 bits per heavy atom. The number of ether oxygens (including phenoxy) is 1. The van der Waals surface area contributed by atoms with E-state index in [0.717, 1.165) is 11.1 Å². The topological polar surface area (TPSA) is 64.3 Å². The number of hydrogen-bond donors (Lipinski definition) is 2. The number of hydrogen-bond acceptors (Lipinski definition) is 3. The number of nitrogens with one attached hydrogen (secondary N) is 1. The minimum absolute atomic E-state index is 0.328. The lowest BCUT2D eigenvalue weighted by Gasteiger charge is -2.09. The molecule has 3 N–H and O–H groups in total. The molecule has 0 saturated heterocycles. The van der Waals surface area contributed by atoms with Crippen molar-refractivity contribution < 1.29 is 9.53 Å². The van der Waals surface area contributed by atoms with Crippen LogP contribution in [0.1, 0.15) is 21.5 Å². The van der Waals surface area contributed by atoms with Crippen molar-refractivity contribution in [1.29, 1.82) is 0 Å². The van der Waals surface area contributed by atoms with Crippen molar-refractivity contribution in [1.82, 2.24) is 5.43 Å². The van der Waals surface area contributed by atoms with Crippen molar-refractivity contribution in [3.63, 3.8) is 0 Å². The maximum absolute atomic E-state index is 11.4. The summed E-state index contributed by atoms with van der Waals surface area (Å²) in [5.74, 6) is 5.39. The van der Waals surface area contributed by atoms with Crippen LogP contribution in [0.2, 0.25) is 5.02 Å². The first-order valence-corrected chi connectivity index (χ1v) is 6.47. The molecule has 0 aliphatic heterocycles. The molecule has 0 unspecified atom stereocenters. The Bertz CT molecular complexity index is 629. The molecule has 0 aliphatic rings. The zero-order valence-electron chi connectivity index (χ0n) is 11.0. The number of carbonyl (C=O) groups is 1. The number of aryl methyl sites for hydroxylation is 1. The van der Waals surface area contributed by atoms with E-state index in [0.29, 0.717) is 22.9 Å². The summed E-state index contributed by atoms with van der Waals surface area (Å²) in [7, 11) is 0. The molecule has 0 radical (unpaired) electrons. The standard InChI is InChI=1S/C15H15ClN2O2/c1-10-5-6-14(13(16)7-10)20-9-11-3-2-4-12(8-11)15(19)18-17/h2-8H,9,17H2,1H3,(H,18,19). The van der Waals surface area contributed by atoms with Crippen molar-refractivity contribution in [3.8, 4) is 5.75 Å². The molecule has 2 aromatic carbocycles. The lowest BCUT2D eigenvalue weighted by molar-refractivity contribution is 0.0953. The van der Waals surface area contributed by atoms with Crippen molar-refractivity contribution >= 4 is 17.5 Å². The normalized spacial score (nSPS) is 10.2. The summed E-state index contributed by atoms with van der Waals surface area (Å²) in [6.07, 6.45) is 0. The maximum Gasteiger partial charge on any atom is 0.265 e. The predicted molar refractivity (Wildman–Crippen MR) is 78.6 cm³/mol. The molecular weight excluding hydrogens is 276 g/mol. The molecule has 1 amide bonds. The number of benzene rings is 2. The smallest absolute Gasteiger partial charge is 0.265 e. The Labute approximate surface area is 122 Å². The molecule has 0 bridgehead atoms. The third-order valence-electron chi connectivity index (χ3n) is 2.80. The molecule has 2 rings (SSSR count). The van der Waals surface area contributed by atoms with Gasteiger partial charge < -0.3 is 4.74 Å². The van der Waals surface area contributed by atoms with Gasteiger partial charge in [-0.1, -0.05) is 29.8 Å². The summed E-state index contributed by atoms with van der Waals surface area (Å²) in [6, 6.07) is 12.7. The monoisotopic (exact) mass is 290 g/mol.